The van der Waals surface area contributed by atoms with Crippen molar-refractivity contribution in [2.45, 2.75) is 19.6 Å². The van der Waals surface area contributed by atoms with Crippen LogP contribution >= 0.6 is 0 Å². The number of para-hydroxylation sites is 1. The fraction of sp³-hybridized carbons (Fsp3) is 0.389. The highest BCUT2D eigenvalue weighted by Gasteiger charge is 2.24. The molecular weight excluding hydrogens is 338 g/mol. The van der Waals surface area contributed by atoms with E-state index in [-0.39, 0.29) is 18.3 Å². The van der Waals surface area contributed by atoms with Gasteiger partial charge in [0.25, 0.3) is 5.56 Å². The Kier molecular flexibility index (Phi) is 5.65. The zero-order chi connectivity index (χ0) is 18.5. The molecular formula is C18H21N3O5. The molecule has 0 aliphatic carbocycles. The molecule has 1 aromatic heterocycles. The first kappa shape index (κ1) is 18.1. The molecule has 2 N–H and O–H groups in total. The Hall–Kier alpha value is -2.71. The van der Waals surface area contributed by atoms with Gasteiger partial charge in [0.2, 0.25) is 0 Å². The lowest BCUT2D eigenvalue weighted by Crippen LogP contribution is -2.38. The van der Waals surface area contributed by atoms with E-state index in [9.17, 15) is 9.59 Å². The summed E-state index contributed by atoms with van der Waals surface area (Å²) in [5, 5.41) is 8.81. The van der Waals surface area contributed by atoms with Gasteiger partial charge in [0.1, 0.15) is 17.7 Å². The second-order valence-corrected chi connectivity index (χ2v) is 6.14. The summed E-state index contributed by atoms with van der Waals surface area (Å²) < 4.78 is 11.2. The van der Waals surface area contributed by atoms with Crippen molar-refractivity contribution in [1.29, 1.82) is 0 Å². The largest absolute Gasteiger partial charge is 0.482 e. The predicted octanol–water partition coefficient (Wildman–Crippen LogP) is 1.12. The number of H-pyrrole nitrogens is 1. The first-order valence-electron chi connectivity index (χ1n) is 8.35. The zero-order valence-electron chi connectivity index (χ0n) is 14.5. The SMILES string of the molecule is Cc1nc([C@@H]2CN(Cc3ccccc3OCC(=O)O)CCO2)cc(=O)[nH]1. The van der Waals surface area contributed by atoms with E-state index in [2.05, 4.69) is 14.9 Å². The number of hydrogen-bond donors (Lipinski definition) is 2. The third kappa shape index (κ3) is 4.68. The smallest absolute Gasteiger partial charge is 0.341 e. The van der Waals surface area contributed by atoms with E-state index in [1.165, 1.54) is 6.07 Å². The monoisotopic (exact) mass is 359 g/mol. The number of nitrogens with zero attached hydrogens (tertiary/aromatic N) is 2. The highest BCUT2D eigenvalue weighted by Crippen LogP contribution is 2.24. The third-order valence-corrected chi connectivity index (χ3v) is 4.08. The maximum Gasteiger partial charge on any atom is 0.341 e. The quantitative estimate of drug-likeness (QED) is 0.796. The van der Waals surface area contributed by atoms with Gasteiger partial charge < -0.3 is 19.6 Å². The van der Waals surface area contributed by atoms with Gasteiger partial charge in [0.05, 0.1) is 12.3 Å². The fourth-order valence-corrected chi connectivity index (χ4v) is 2.95. The third-order valence-electron chi connectivity index (χ3n) is 4.08. The maximum absolute atomic E-state index is 11.7. The minimum absolute atomic E-state index is 0.194. The highest BCUT2D eigenvalue weighted by molar-refractivity contribution is 5.68. The zero-order valence-corrected chi connectivity index (χ0v) is 14.5. The number of aliphatic carboxylic acids is 1. The van der Waals surface area contributed by atoms with E-state index < -0.39 is 5.97 Å². The average Bonchev–Trinajstić information content (AvgIpc) is 2.60. The molecule has 3 rings (SSSR count). The molecule has 2 heterocycles. The molecule has 1 saturated heterocycles. The Morgan fingerprint density at radius 1 is 1.46 bits per heavy atom. The van der Waals surface area contributed by atoms with Crippen molar-refractivity contribution in [3.05, 3.63) is 57.8 Å². The highest BCUT2D eigenvalue weighted by atomic mass is 16.5. The molecule has 1 atom stereocenters. The molecule has 26 heavy (non-hydrogen) atoms. The van der Waals surface area contributed by atoms with Crippen LogP contribution in [0.2, 0.25) is 0 Å². The van der Waals surface area contributed by atoms with Crippen LogP contribution < -0.4 is 10.3 Å². The first-order valence-corrected chi connectivity index (χ1v) is 8.35. The lowest BCUT2D eigenvalue weighted by Gasteiger charge is -2.33. The molecule has 0 radical (unpaired) electrons. The number of carboxylic acid groups (broad SMARTS) is 1. The van der Waals surface area contributed by atoms with Gasteiger partial charge in [0.15, 0.2) is 6.61 Å². The molecule has 0 saturated carbocycles. The summed E-state index contributed by atoms with van der Waals surface area (Å²) in [7, 11) is 0. The molecule has 1 aliphatic rings. The van der Waals surface area contributed by atoms with Gasteiger partial charge in [-0.1, -0.05) is 18.2 Å². The van der Waals surface area contributed by atoms with Gasteiger partial charge in [0, 0.05) is 31.3 Å². The van der Waals surface area contributed by atoms with E-state index in [1.54, 1.807) is 13.0 Å². The van der Waals surface area contributed by atoms with Gasteiger partial charge in [-0.25, -0.2) is 9.78 Å². The molecule has 1 aromatic carbocycles. The van der Waals surface area contributed by atoms with Gasteiger partial charge in [-0.3, -0.25) is 9.69 Å². The number of benzene rings is 1. The Morgan fingerprint density at radius 2 is 2.27 bits per heavy atom. The number of aromatic nitrogens is 2. The minimum atomic E-state index is -1.01. The average molecular weight is 359 g/mol. The number of ether oxygens (including phenoxy) is 2. The van der Waals surface area contributed by atoms with Crippen molar-refractivity contribution in [3.8, 4) is 5.75 Å². The van der Waals surface area contributed by atoms with Crippen LogP contribution in [0.5, 0.6) is 5.75 Å². The maximum atomic E-state index is 11.7. The van der Waals surface area contributed by atoms with Gasteiger partial charge in [-0.05, 0) is 13.0 Å². The number of nitrogens with one attached hydrogen (secondary N) is 1. The summed E-state index contributed by atoms with van der Waals surface area (Å²) in [4.78, 5) is 31.6. The second kappa shape index (κ2) is 8.11. The van der Waals surface area contributed by atoms with Gasteiger partial charge >= 0.3 is 5.97 Å². The molecule has 0 unspecified atom stereocenters. The summed E-state index contributed by atoms with van der Waals surface area (Å²) in [6.07, 6.45) is -0.281. The minimum Gasteiger partial charge on any atom is -0.482 e. The number of hydrogen-bond acceptors (Lipinski definition) is 6. The van der Waals surface area contributed by atoms with Crippen LogP contribution in [0.3, 0.4) is 0 Å². The number of carbonyl (C=O) groups is 1. The van der Waals surface area contributed by atoms with E-state index in [4.69, 9.17) is 14.6 Å². The first-order chi connectivity index (χ1) is 12.5. The number of rotatable bonds is 6. The Balaban J connectivity index is 1.71. The Labute approximate surface area is 150 Å². The lowest BCUT2D eigenvalue weighted by atomic mass is 10.1. The van der Waals surface area contributed by atoms with Crippen LogP contribution in [0.1, 0.15) is 23.2 Å². The molecule has 1 fully saturated rings. The van der Waals surface area contributed by atoms with Crippen molar-refractivity contribution in [3.63, 3.8) is 0 Å². The standard InChI is InChI=1S/C18H21N3O5/c1-12-19-14(8-17(22)20-12)16-10-21(6-7-25-16)9-13-4-2-3-5-15(13)26-11-18(23)24/h2-5,8,16H,6-7,9-11H2,1H3,(H,23,24)(H,19,20,22)/t16-/m0/s1. The van der Waals surface area contributed by atoms with Crippen LogP contribution in [0.15, 0.2) is 35.1 Å². The van der Waals surface area contributed by atoms with Crippen LogP contribution in [0.25, 0.3) is 0 Å². The van der Waals surface area contributed by atoms with E-state index >= 15 is 0 Å². The number of aromatic amines is 1. The topological polar surface area (TPSA) is 105 Å². The van der Waals surface area contributed by atoms with Crippen LogP contribution in [0, 0.1) is 6.92 Å². The van der Waals surface area contributed by atoms with Crippen LogP contribution in [-0.2, 0) is 16.1 Å². The summed E-state index contributed by atoms with van der Waals surface area (Å²) in [5.41, 5.74) is 1.33. The Morgan fingerprint density at radius 3 is 3.04 bits per heavy atom. The second-order valence-electron chi connectivity index (χ2n) is 6.14. The Bertz CT molecular complexity index is 836. The van der Waals surface area contributed by atoms with Crippen molar-refractivity contribution in [1.82, 2.24) is 14.9 Å². The molecule has 1 aliphatic heterocycles. The van der Waals surface area contributed by atoms with Gasteiger partial charge in [-0.15, -0.1) is 0 Å². The summed E-state index contributed by atoms with van der Waals surface area (Å²) >= 11 is 0. The molecule has 2 aromatic rings. The number of carboxylic acids is 1. The molecule has 8 heteroatoms. The summed E-state index contributed by atoms with van der Waals surface area (Å²) in [6.45, 7) is 3.80. The van der Waals surface area contributed by atoms with Crippen molar-refractivity contribution in [2.75, 3.05) is 26.3 Å². The van der Waals surface area contributed by atoms with Crippen molar-refractivity contribution >= 4 is 5.97 Å². The summed E-state index contributed by atoms with van der Waals surface area (Å²) in [5.74, 6) is 0.102. The predicted molar refractivity (Wildman–Crippen MR) is 93.1 cm³/mol. The van der Waals surface area contributed by atoms with Crippen LogP contribution in [-0.4, -0.2) is 52.2 Å². The number of aryl methyl sites for hydroxylation is 1. The molecule has 0 amide bonds. The van der Waals surface area contributed by atoms with E-state index in [0.29, 0.717) is 37.0 Å². The van der Waals surface area contributed by atoms with Crippen molar-refractivity contribution in [2.24, 2.45) is 0 Å². The summed E-state index contributed by atoms with van der Waals surface area (Å²) in [6, 6.07) is 8.84. The fourth-order valence-electron chi connectivity index (χ4n) is 2.95. The van der Waals surface area contributed by atoms with Crippen molar-refractivity contribution < 1.29 is 19.4 Å². The number of morpholine rings is 1. The van der Waals surface area contributed by atoms with Crippen LogP contribution in [0.4, 0.5) is 0 Å². The lowest BCUT2D eigenvalue weighted by molar-refractivity contribution is -0.139. The van der Waals surface area contributed by atoms with E-state index in [0.717, 1.165) is 12.1 Å². The molecule has 0 spiro atoms. The normalized spacial score (nSPS) is 17.8. The molecule has 138 valence electrons. The van der Waals surface area contributed by atoms with E-state index in [1.807, 2.05) is 18.2 Å². The van der Waals surface area contributed by atoms with Gasteiger partial charge in [-0.2, -0.15) is 0 Å². The molecule has 8 nitrogen and oxygen atoms in total. The molecule has 0 bridgehead atoms.